The maximum Gasteiger partial charge on any atom is 0.225 e. The quantitative estimate of drug-likeness (QED) is 0.371. The van der Waals surface area contributed by atoms with Crippen LogP contribution in [0.5, 0.6) is 0 Å². The van der Waals surface area contributed by atoms with E-state index in [-0.39, 0.29) is 30.0 Å². The Bertz CT molecular complexity index is 1350. The van der Waals surface area contributed by atoms with Crippen molar-refractivity contribution in [2.45, 2.75) is 24.8 Å². The van der Waals surface area contributed by atoms with E-state index in [1.165, 1.54) is 17.2 Å². The first-order valence-corrected chi connectivity index (χ1v) is 12.9. The number of piperazine rings is 1. The van der Waals surface area contributed by atoms with Crippen molar-refractivity contribution in [2.24, 2.45) is 0 Å². The van der Waals surface area contributed by atoms with Gasteiger partial charge in [-0.05, 0) is 35.1 Å². The fourth-order valence-electron chi connectivity index (χ4n) is 5.68. The van der Waals surface area contributed by atoms with Gasteiger partial charge in [0.1, 0.15) is 5.82 Å². The van der Waals surface area contributed by atoms with Gasteiger partial charge in [-0.1, -0.05) is 78.9 Å². The van der Waals surface area contributed by atoms with E-state index in [4.69, 9.17) is 4.98 Å². The molecule has 0 amide bonds. The Morgan fingerprint density at radius 2 is 1.41 bits per heavy atom. The summed E-state index contributed by atoms with van der Waals surface area (Å²) in [5.74, 6) is 0.176. The van der Waals surface area contributed by atoms with Gasteiger partial charge in [0.15, 0.2) is 5.78 Å². The van der Waals surface area contributed by atoms with Crippen LogP contribution in [0, 0.1) is 5.82 Å². The molecule has 4 aromatic rings. The Morgan fingerprint density at radius 1 is 0.784 bits per heavy atom. The standard InChI is InChI=1S/C31H29FN4O/c32-27-14-8-7-13-25(27)24-19-28-26(29(37)20-24)21-33-31(34-28)36-17-15-35(16-18-36)30(22-9-3-1-4-10-22)23-11-5-2-6-12-23/h1-14,21,24,30H,15-20H2/t24-/m1/s1. The Kier molecular flexibility index (Phi) is 6.49. The lowest BCUT2D eigenvalue weighted by Crippen LogP contribution is -2.48. The molecule has 186 valence electrons. The number of benzene rings is 3. The predicted molar refractivity (Wildman–Crippen MR) is 142 cm³/mol. The average Bonchev–Trinajstić information content (AvgIpc) is 2.95. The van der Waals surface area contributed by atoms with Crippen molar-refractivity contribution in [3.05, 3.63) is 125 Å². The van der Waals surface area contributed by atoms with Crippen LogP contribution < -0.4 is 4.90 Å². The molecule has 5 nitrogen and oxygen atoms in total. The molecule has 1 atom stereocenters. The second kappa shape index (κ2) is 10.2. The highest BCUT2D eigenvalue weighted by Crippen LogP contribution is 2.34. The number of rotatable bonds is 5. The third-order valence-corrected chi connectivity index (χ3v) is 7.56. The Labute approximate surface area is 216 Å². The van der Waals surface area contributed by atoms with Gasteiger partial charge in [-0.15, -0.1) is 0 Å². The second-order valence-electron chi connectivity index (χ2n) is 9.83. The third kappa shape index (κ3) is 4.77. The molecule has 6 rings (SSSR count). The van der Waals surface area contributed by atoms with Crippen LogP contribution in [-0.2, 0) is 6.42 Å². The fraction of sp³-hybridized carbons (Fsp3) is 0.258. The number of hydrogen-bond acceptors (Lipinski definition) is 5. The van der Waals surface area contributed by atoms with Crippen LogP contribution in [0.1, 0.15) is 51.1 Å². The van der Waals surface area contributed by atoms with Crippen LogP contribution in [0.2, 0.25) is 0 Å². The van der Waals surface area contributed by atoms with Crippen LogP contribution in [0.15, 0.2) is 91.1 Å². The van der Waals surface area contributed by atoms with Gasteiger partial charge in [-0.3, -0.25) is 9.69 Å². The van der Waals surface area contributed by atoms with Crippen molar-refractivity contribution in [2.75, 3.05) is 31.1 Å². The maximum absolute atomic E-state index is 14.4. The van der Waals surface area contributed by atoms with E-state index in [2.05, 4.69) is 75.4 Å². The summed E-state index contributed by atoms with van der Waals surface area (Å²) in [5, 5.41) is 0. The van der Waals surface area contributed by atoms with Crippen molar-refractivity contribution in [3.8, 4) is 0 Å². The lowest BCUT2D eigenvalue weighted by molar-refractivity contribution is 0.0962. The van der Waals surface area contributed by atoms with Crippen molar-refractivity contribution in [1.82, 2.24) is 14.9 Å². The summed E-state index contributed by atoms with van der Waals surface area (Å²) < 4.78 is 14.4. The molecule has 0 N–H and O–H groups in total. The molecular formula is C31H29FN4O. The molecule has 0 bridgehead atoms. The van der Waals surface area contributed by atoms with Crippen molar-refractivity contribution < 1.29 is 9.18 Å². The van der Waals surface area contributed by atoms with E-state index in [0.717, 1.165) is 31.9 Å². The number of Topliss-reactive ketones (excluding diaryl/α,β-unsaturated/α-hetero) is 1. The van der Waals surface area contributed by atoms with Gasteiger partial charge in [0, 0.05) is 38.8 Å². The fourth-order valence-corrected chi connectivity index (χ4v) is 5.68. The van der Waals surface area contributed by atoms with E-state index in [1.54, 1.807) is 18.3 Å². The Hall–Kier alpha value is -3.90. The minimum atomic E-state index is -0.263. The lowest BCUT2D eigenvalue weighted by Gasteiger charge is -2.40. The van der Waals surface area contributed by atoms with Crippen LogP contribution in [0.25, 0.3) is 0 Å². The number of halogens is 1. The number of aromatic nitrogens is 2. The van der Waals surface area contributed by atoms with Gasteiger partial charge in [-0.25, -0.2) is 14.4 Å². The first kappa shape index (κ1) is 23.5. The molecule has 2 aliphatic rings. The molecular weight excluding hydrogens is 463 g/mol. The van der Waals surface area contributed by atoms with E-state index in [0.29, 0.717) is 23.5 Å². The summed E-state index contributed by atoms with van der Waals surface area (Å²) in [4.78, 5) is 26.9. The minimum absolute atomic E-state index is 0.0144. The average molecular weight is 493 g/mol. The van der Waals surface area contributed by atoms with Gasteiger partial charge in [0.2, 0.25) is 5.95 Å². The summed E-state index contributed by atoms with van der Waals surface area (Å²) in [6.07, 6.45) is 2.50. The molecule has 0 saturated carbocycles. The van der Waals surface area contributed by atoms with Crippen molar-refractivity contribution >= 4 is 11.7 Å². The Morgan fingerprint density at radius 3 is 2.05 bits per heavy atom. The third-order valence-electron chi connectivity index (χ3n) is 7.56. The molecule has 1 fully saturated rings. The summed E-state index contributed by atoms with van der Waals surface area (Å²) in [6, 6.07) is 28.2. The first-order chi connectivity index (χ1) is 18.2. The molecule has 0 radical (unpaired) electrons. The van der Waals surface area contributed by atoms with Crippen LogP contribution in [0.3, 0.4) is 0 Å². The van der Waals surface area contributed by atoms with Crippen LogP contribution in [-0.4, -0.2) is 46.8 Å². The van der Waals surface area contributed by atoms with Crippen molar-refractivity contribution in [1.29, 1.82) is 0 Å². The van der Waals surface area contributed by atoms with Crippen LogP contribution >= 0.6 is 0 Å². The first-order valence-electron chi connectivity index (χ1n) is 12.9. The smallest absolute Gasteiger partial charge is 0.225 e. The minimum Gasteiger partial charge on any atom is -0.338 e. The molecule has 6 heteroatoms. The molecule has 37 heavy (non-hydrogen) atoms. The van der Waals surface area contributed by atoms with Crippen LogP contribution in [0.4, 0.5) is 10.3 Å². The molecule has 3 aromatic carbocycles. The topological polar surface area (TPSA) is 49.3 Å². The number of carbonyl (C=O) groups excluding carboxylic acids is 1. The molecule has 0 unspecified atom stereocenters. The van der Waals surface area contributed by atoms with Crippen molar-refractivity contribution in [3.63, 3.8) is 0 Å². The normalized spacial score (nSPS) is 18.2. The highest BCUT2D eigenvalue weighted by molar-refractivity contribution is 5.98. The zero-order valence-corrected chi connectivity index (χ0v) is 20.6. The summed E-state index contributed by atoms with van der Waals surface area (Å²) >= 11 is 0. The molecule has 1 aliphatic heterocycles. The van der Waals surface area contributed by atoms with Gasteiger partial charge in [-0.2, -0.15) is 0 Å². The summed E-state index contributed by atoms with van der Waals surface area (Å²) in [6.45, 7) is 3.32. The van der Waals surface area contributed by atoms with Gasteiger partial charge in [0.05, 0.1) is 17.3 Å². The monoisotopic (exact) mass is 492 g/mol. The van der Waals surface area contributed by atoms with E-state index >= 15 is 0 Å². The summed E-state index contributed by atoms with van der Waals surface area (Å²) in [5.41, 5.74) is 4.45. The lowest BCUT2D eigenvalue weighted by atomic mass is 9.82. The molecule has 1 aromatic heterocycles. The molecule has 2 heterocycles. The zero-order valence-electron chi connectivity index (χ0n) is 20.6. The number of carbonyl (C=O) groups is 1. The molecule has 1 saturated heterocycles. The number of hydrogen-bond donors (Lipinski definition) is 0. The predicted octanol–water partition coefficient (Wildman–Crippen LogP) is 5.44. The Balaban J connectivity index is 1.21. The SMILES string of the molecule is O=C1C[C@H](c2ccccc2F)Cc2nc(N3CCN(C(c4ccccc4)c4ccccc4)CC3)ncc21. The van der Waals surface area contributed by atoms with Gasteiger partial charge in [0.25, 0.3) is 0 Å². The molecule has 0 spiro atoms. The zero-order chi connectivity index (χ0) is 25.2. The van der Waals surface area contributed by atoms with Gasteiger partial charge >= 0.3 is 0 Å². The second-order valence-corrected chi connectivity index (χ2v) is 9.83. The largest absolute Gasteiger partial charge is 0.338 e. The van der Waals surface area contributed by atoms with E-state index < -0.39 is 0 Å². The number of nitrogens with zero attached hydrogens (tertiary/aromatic N) is 4. The summed E-state index contributed by atoms with van der Waals surface area (Å²) in [7, 11) is 0. The number of anilines is 1. The number of fused-ring (bicyclic) bond motifs is 1. The highest BCUT2D eigenvalue weighted by Gasteiger charge is 2.31. The highest BCUT2D eigenvalue weighted by atomic mass is 19.1. The molecule has 1 aliphatic carbocycles. The maximum atomic E-state index is 14.4. The van der Waals surface area contributed by atoms with Gasteiger partial charge < -0.3 is 4.90 Å². The van der Waals surface area contributed by atoms with E-state index in [9.17, 15) is 9.18 Å². The number of ketones is 1. The van der Waals surface area contributed by atoms with E-state index in [1.807, 2.05) is 6.07 Å².